The lowest BCUT2D eigenvalue weighted by Crippen LogP contribution is -2.28. The first-order valence-corrected chi connectivity index (χ1v) is 7.89. The second-order valence-corrected chi connectivity index (χ2v) is 5.57. The molecule has 24 heavy (non-hydrogen) atoms. The lowest BCUT2D eigenvalue weighted by molar-refractivity contribution is -0.128. The number of benzene rings is 1. The molecule has 0 saturated carbocycles. The van der Waals surface area contributed by atoms with Gasteiger partial charge in [-0.2, -0.15) is 4.80 Å². The van der Waals surface area contributed by atoms with Gasteiger partial charge in [0.05, 0.1) is 25.8 Å². The van der Waals surface area contributed by atoms with E-state index in [-0.39, 0.29) is 12.5 Å². The maximum atomic E-state index is 11.2. The number of unbranched alkanes of at least 4 members (excludes halogenated alkanes) is 1. The van der Waals surface area contributed by atoms with Gasteiger partial charge in [-0.1, -0.05) is 12.1 Å². The Labute approximate surface area is 141 Å². The summed E-state index contributed by atoms with van der Waals surface area (Å²) in [4.78, 5) is 14.2. The second-order valence-electron chi connectivity index (χ2n) is 5.57. The fourth-order valence-corrected chi connectivity index (χ4v) is 2.12. The van der Waals surface area contributed by atoms with E-state index in [0.29, 0.717) is 6.61 Å². The van der Waals surface area contributed by atoms with E-state index in [1.165, 1.54) is 18.2 Å². The number of carbonyl (C=O) groups excluding carboxylic acids is 1. The SMILES string of the molecule is CC(=O)N(C)C[C@H](O)c1ccc(OCCCCn2ncnn2)cc1. The number of ether oxygens (including phenoxy) is 1. The van der Waals surface area contributed by atoms with Gasteiger partial charge in [0.2, 0.25) is 5.91 Å². The fourth-order valence-electron chi connectivity index (χ4n) is 2.12. The average Bonchev–Trinajstić information content (AvgIpc) is 3.08. The van der Waals surface area contributed by atoms with Gasteiger partial charge in [0, 0.05) is 14.0 Å². The van der Waals surface area contributed by atoms with Crippen LogP contribution in [-0.4, -0.2) is 56.3 Å². The number of rotatable bonds is 9. The molecule has 0 saturated heterocycles. The topological polar surface area (TPSA) is 93.4 Å². The lowest BCUT2D eigenvalue weighted by atomic mass is 10.1. The van der Waals surface area contributed by atoms with Crippen LogP contribution in [0.25, 0.3) is 0 Å². The van der Waals surface area contributed by atoms with E-state index in [9.17, 15) is 9.90 Å². The molecule has 130 valence electrons. The number of tetrazole rings is 1. The summed E-state index contributed by atoms with van der Waals surface area (Å²) in [6.45, 7) is 3.07. The number of nitrogens with zero attached hydrogens (tertiary/aromatic N) is 5. The normalized spacial score (nSPS) is 12.0. The highest BCUT2D eigenvalue weighted by molar-refractivity contribution is 5.72. The molecule has 0 aliphatic heterocycles. The zero-order chi connectivity index (χ0) is 17.4. The van der Waals surface area contributed by atoms with Gasteiger partial charge in [0.1, 0.15) is 5.75 Å². The van der Waals surface area contributed by atoms with Crippen LogP contribution in [0.1, 0.15) is 31.4 Å². The Morgan fingerprint density at radius 2 is 2.08 bits per heavy atom. The highest BCUT2D eigenvalue weighted by Gasteiger charge is 2.12. The van der Waals surface area contributed by atoms with E-state index in [2.05, 4.69) is 15.4 Å². The van der Waals surface area contributed by atoms with Crippen LogP contribution in [0.5, 0.6) is 5.75 Å². The number of likely N-dealkylation sites (N-methyl/N-ethyl adjacent to an activating group) is 1. The summed E-state index contributed by atoms with van der Waals surface area (Å²) in [5, 5.41) is 21.5. The maximum Gasteiger partial charge on any atom is 0.219 e. The minimum atomic E-state index is -0.705. The Balaban J connectivity index is 1.70. The summed E-state index contributed by atoms with van der Waals surface area (Å²) in [5.41, 5.74) is 0.757. The molecule has 0 fully saturated rings. The molecule has 1 aromatic carbocycles. The summed E-state index contributed by atoms with van der Waals surface area (Å²) in [7, 11) is 1.66. The molecule has 8 nitrogen and oxygen atoms in total. The van der Waals surface area contributed by atoms with Crippen molar-refractivity contribution < 1.29 is 14.6 Å². The number of carbonyl (C=O) groups is 1. The summed E-state index contributed by atoms with van der Waals surface area (Å²) in [6.07, 6.45) is 2.50. The maximum absolute atomic E-state index is 11.2. The van der Waals surface area contributed by atoms with Crippen molar-refractivity contribution in [2.45, 2.75) is 32.4 Å². The number of amides is 1. The zero-order valence-corrected chi connectivity index (χ0v) is 14.0. The number of aryl methyl sites for hydroxylation is 1. The van der Waals surface area contributed by atoms with Crippen LogP contribution >= 0.6 is 0 Å². The van der Waals surface area contributed by atoms with Gasteiger partial charge in [-0.3, -0.25) is 4.79 Å². The van der Waals surface area contributed by atoms with Crippen molar-refractivity contribution in [3.05, 3.63) is 36.2 Å². The molecule has 1 amide bonds. The Morgan fingerprint density at radius 1 is 1.33 bits per heavy atom. The van der Waals surface area contributed by atoms with E-state index in [0.717, 1.165) is 30.7 Å². The molecular weight excluding hydrogens is 310 g/mol. The molecule has 2 rings (SSSR count). The van der Waals surface area contributed by atoms with Crippen LogP contribution in [0.3, 0.4) is 0 Å². The van der Waals surface area contributed by atoms with Crippen LogP contribution in [0.15, 0.2) is 30.6 Å². The fraction of sp³-hybridized carbons (Fsp3) is 0.500. The van der Waals surface area contributed by atoms with Crippen LogP contribution < -0.4 is 4.74 Å². The third kappa shape index (κ3) is 5.62. The quantitative estimate of drug-likeness (QED) is 0.689. The van der Waals surface area contributed by atoms with Gasteiger partial charge in [-0.05, 0) is 35.8 Å². The van der Waals surface area contributed by atoms with Crippen molar-refractivity contribution in [2.24, 2.45) is 0 Å². The molecule has 1 heterocycles. The largest absolute Gasteiger partial charge is 0.494 e. The van der Waals surface area contributed by atoms with E-state index in [1.54, 1.807) is 11.8 Å². The smallest absolute Gasteiger partial charge is 0.219 e. The molecule has 8 heteroatoms. The van der Waals surface area contributed by atoms with Crippen LogP contribution in [0, 0.1) is 0 Å². The minimum Gasteiger partial charge on any atom is -0.494 e. The summed E-state index contributed by atoms with van der Waals surface area (Å²) in [5.74, 6) is 0.680. The standard InChI is InChI=1S/C16H23N5O3/c1-13(22)20(2)11-16(23)14-5-7-15(8-6-14)24-10-4-3-9-21-18-12-17-19-21/h5-8,12,16,23H,3-4,9-11H2,1-2H3/t16-/m0/s1. The van der Waals surface area contributed by atoms with Crippen molar-refractivity contribution in [2.75, 3.05) is 20.2 Å². The molecule has 0 aliphatic carbocycles. The van der Waals surface area contributed by atoms with Crippen molar-refractivity contribution in [1.29, 1.82) is 0 Å². The van der Waals surface area contributed by atoms with Gasteiger partial charge >= 0.3 is 0 Å². The molecule has 0 spiro atoms. The average molecular weight is 333 g/mol. The van der Waals surface area contributed by atoms with Crippen LogP contribution in [-0.2, 0) is 11.3 Å². The van der Waals surface area contributed by atoms with Gasteiger partial charge in [-0.25, -0.2) is 0 Å². The van der Waals surface area contributed by atoms with Crippen LogP contribution in [0.2, 0.25) is 0 Å². The predicted octanol–water partition coefficient (Wildman–Crippen LogP) is 1.04. The first kappa shape index (κ1) is 17.9. The number of hydrogen-bond acceptors (Lipinski definition) is 6. The zero-order valence-electron chi connectivity index (χ0n) is 14.0. The molecule has 2 aromatic rings. The predicted molar refractivity (Wildman–Crippen MR) is 87.3 cm³/mol. The van der Waals surface area contributed by atoms with E-state index < -0.39 is 6.10 Å². The lowest BCUT2D eigenvalue weighted by Gasteiger charge is -2.19. The first-order valence-electron chi connectivity index (χ1n) is 7.89. The van der Waals surface area contributed by atoms with Crippen molar-refractivity contribution >= 4 is 5.91 Å². The number of aliphatic hydroxyl groups is 1. The minimum absolute atomic E-state index is 0.0740. The van der Waals surface area contributed by atoms with Gasteiger partial charge < -0.3 is 14.7 Å². The Hall–Kier alpha value is -2.48. The molecule has 1 atom stereocenters. The van der Waals surface area contributed by atoms with Crippen molar-refractivity contribution in [1.82, 2.24) is 25.1 Å². The third-order valence-electron chi connectivity index (χ3n) is 3.66. The van der Waals surface area contributed by atoms with Gasteiger partial charge in [0.15, 0.2) is 6.33 Å². The third-order valence-corrected chi connectivity index (χ3v) is 3.66. The molecular formula is C16H23N5O3. The summed E-state index contributed by atoms with van der Waals surface area (Å²) >= 11 is 0. The Bertz CT molecular complexity index is 615. The number of aromatic nitrogens is 4. The van der Waals surface area contributed by atoms with E-state index in [4.69, 9.17) is 4.74 Å². The Morgan fingerprint density at radius 3 is 2.71 bits per heavy atom. The molecule has 0 aliphatic rings. The number of hydrogen-bond donors (Lipinski definition) is 1. The monoisotopic (exact) mass is 333 g/mol. The molecule has 1 aromatic heterocycles. The van der Waals surface area contributed by atoms with Crippen molar-refractivity contribution in [3.63, 3.8) is 0 Å². The second kappa shape index (κ2) is 8.97. The molecule has 0 bridgehead atoms. The van der Waals surface area contributed by atoms with Crippen molar-refractivity contribution in [3.8, 4) is 5.75 Å². The van der Waals surface area contributed by atoms with Crippen LogP contribution in [0.4, 0.5) is 0 Å². The molecule has 0 radical (unpaired) electrons. The highest BCUT2D eigenvalue weighted by Crippen LogP contribution is 2.18. The number of aliphatic hydroxyl groups excluding tert-OH is 1. The van der Waals surface area contributed by atoms with Gasteiger partial charge in [0.25, 0.3) is 0 Å². The Kier molecular flexibility index (Phi) is 6.68. The van der Waals surface area contributed by atoms with E-state index in [1.807, 2.05) is 24.3 Å². The summed E-state index contributed by atoms with van der Waals surface area (Å²) in [6, 6.07) is 7.28. The summed E-state index contributed by atoms with van der Waals surface area (Å²) < 4.78 is 5.67. The highest BCUT2D eigenvalue weighted by atomic mass is 16.5. The van der Waals surface area contributed by atoms with Gasteiger partial charge in [-0.15, -0.1) is 10.2 Å². The first-order chi connectivity index (χ1) is 11.6. The molecule has 0 unspecified atom stereocenters. The van der Waals surface area contributed by atoms with E-state index >= 15 is 0 Å². The molecule has 1 N–H and O–H groups in total.